The lowest BCUT2D eigenvalue weighted by Crippen LogP contribution is -2.67. The minimum Gasteiger partial charge on any atom is -0.504 e. The maximum absolute atomic E-state index is 12.9. The van der Waals surface area contributed by atoms with Crippen LogP contribution in [0, 0.1) is 0 Å². The van der Waals surface area contributed by atoms with E-state index in [1.54, 1.807) is 18.2 Å². The minimum absolute atomic E-state index is 0.131. The Hall–Kier alpha value is -3.20. The van der Waals surface area contributed by atoms with Crippen molar-refractivity contribution in [1.82, 2.24) is 10.8 Å². The lowest BCUT2D eigenvalue weighted by Gasteiger charge is -2.41. The fourth-order valence-corrected chi connectivity index (χ4v) is 5.84. The van der Waals surface area contributed by atoms with Crippen LogP contribution in [0.2, 0.25) is 5.02 Å². The van der Waals surface area contributed by atoms with Crippen molar-refractivity contribution in [2.24, 2.45) is 0 Å². The van der Waals surface area contributed by atoms with Gasteiger partial charge in [0.1, 0.15) is 43.4 Å². The lowest BCUT2D eigenvalue weighted by molar-refractivity contribution is -0.155. The maximum atomic E-state index is 12.9. The number of hydrogen-bond acceptors (Lipinski definition) is 11. The zero-order valence-electron chi connectivity index (χ0n) is 24.2. The van der Waals surface area contributed by atoms with Crippen LogP contribution in [0.5, 0.6) is 11.5 Å². The van der Waals surface area contributed by atoms with Gasteiger partial charge in [-0.05, 0) is 60.9 Å². The molecule has 1 saturated heterocycles. The van der Waals surface area contributed by atoms with Crippen molar-refractivity contribution in [3.05, 3.63) is 75.5 Å². The molecule has 8 atom stereocenters. The van der Waals surface area contributed by atoms with Gasteiger partial charge in [-0.25, -0.2) is 0 Å². The Morgan fingerprint density at radius 2 is 1.77 bits per heavy atom. The summed E-state index contributed by atoms with van der Waals surface area (Å²) in [5, 5.41) is 55.8. The average Bonchev–Trinajstić information content (AvgIpc) is 3.63. The van der Waals surface area contributed by atoms with Gasteiger partial charge in [-0.1, -0.05) is 29.8 Å². The van der Waals surface area contributed by atoms with E-state index in [-0.39, 0.29) is 23.9 Å². The van der Waals surface area contributed by atoms with Crippen LogP contribution in [0.1, 0.15) is 37.8 Å². The normalized spacial score (nSPS) is 31.4. The summed E-state index contributed by atoms with van der Waals surface area (Å²) in [5.74, 6) is -0.596. The average molecular weight is 633 g/mol. The molecule has 44 heavy (non-hydrogen) atoms. The molecule has 5 rings (SSSR count). The SMILES string of the molecule is CC(=Cc1ccc(O[C@@H]2CC(=C(C)NOCc3cccc(Cl)c3)C[C@@H]2O)c(O)c1)C(=O)N[C@@H]1[C@H](O)[C@@H](O)[C@H]2OCO[C@H]2[C@@H]1O. The number of phenols is 1. The van der Waals surface area contributed by atoms with E-state index < -0.39 is 54.7 Å². The molecule has 7 N–H and O–H groups in total. The van der Waals surface area contributed by atoms with Crippen molar-refractivity contribution >= 4 is 23.6 Å². The summed E-state index contributed by atoms with van der Waals surface area (Å²) in [7, 11) is 0. The summed E-state index contributed by atoms with van der Waals surface area (Å²) >= 11 is 6.01. The van der Waals surface area contributed by atoms with Crippen LogP contribution in [-0.4, -0.2) is 87.0 Å². The number of fused-ring (bicyclic) bond motifs is 1. The second-order valence-electron chi connectivity index (χ2n) is 11.3. The van der Waals surface area contributed by atoms with E-state index in [4.69, 9.17) is 30.6 Å². The maximum Gasteiger partial charge on any atom is 0.247 e. The van der Waals surface area contributed by atoms with Crippen LogP contribution >= 0.6 is 11.6 Å². The molecule has 0 bridgehead atoms. The number of carbonyl (C=O) groups is 1. The van der Waals surface area contributed by atoms with Crippen molar-refractivity contribution in [1.29, 1.82) is 0 Å². The van der Waals surface area contributed by atoms with E-state index in [0.717, 1.165) is 16.8 Å². The van der Waals surface area contributed by atoms with Crippen molar-refractivity contribution in [2.45, 2.75) is 82.1 Å². The number of ether oxygens (including phenoxy) is 3. The van der Waals surface area contributed by atoms with E-state index in [2.05, 4.69) is 10.8 Å². The molecule has 2 aromatic rings. The first-order valence-corrected chi connectivity index (χ1v) is 14.6. The van der Waals surface area contributed by atoms with Gasteiger partial charge in [0.05, 0.1) is 18.8 Å². The van der Waals surface area contributed by atoms with Crippen LogP contribution in [0.15, 0.2) is 59.3 Å². The summed E-state index contributed by atoms with van der Waals surface area (Å²) < 4.78 is 16.5. The van der Waals surface area contributed by atoms with Gasteiger partial charge in [0.2, 0.25) is 5.91 Å². The molecule has 1 heterocycles. The molecule has 12 nitrogen and oxygen atoms in total. The molecule has 1 amide bonds. The number of aliphatic hydroxyl groups is 4. The van der Waals surface area contributed by atoms with Gasteiger partial charge in [-0.2, -0.15) is 0 Å². The number of phenolic OH excluding ortho intramolecular Hbond substituents is 1. The summed E-state index contributed by atoms with van der Waals surface area (Å²) in [6.45, 7) is 3.56. The van der Waals surface area contributed by atoms with Crippen LogP contribution in [0.3, 0.4) is 0 Å². The molecule has 2 aliphatic carbocycles. The molecule has 13 heteroatoms. The number of carbonyl (C=O) groups excluding carboxylic acids is 1. The van der Waals surface area contributed by atoms with Crippen LogP contribution in [0.25, 0.3) is 6.08 Å². The highest BCUT2D eigenvalue weighted by Gasteiger charge is 2.53. The molecule has 3 fully saturated rings. The summed E-state index contributed by atoms with van der Waals surface area (Å²) in [6.07, 6.45) is -4.94. The largest absolute Gasteiger partial charge is 0.504 e. The van der Waals surface area contributed by atoms with E-state index >= 15 is 0 Å². The topological polar surface area (TPSA) is 179 Å². The molecular weight excluding hydrogens is 596 g/mol. The quantitative estimate of drug-likeness (QED) is 0.158. The third-order valence-corrected chi connectivity index (χ3v) is 8.36. The molecule has 0 unspecified atom stereocenters. The Morgan fingerprint density at radius 3 is 2.50 bits per heavy atom. The first-order chi connectivity index (χ1) is 21.0. The van der Waals surface area contributed by atoms with Crippen molar-refractivity contribution in [2.75, 3.05) is 6.79 Å². The number of aromatic hydroxyl groups is 1. The monoisotopic (exact) mass is 632 g/mol. The van der Waals surface area contributed by atoms with Crippen LogP contribution in [0.4, 0.5) is 0 Å². The Kier molecular flexibility index (Phi) is 10.1. The number of benzene rings is 2. The summed E-state index contributed by atoms with van der Waals surface area (Å²) in [4.78, 5) is 18.5. The van der Waals surface area contributed by atoms with Crippen LogP contribution < -0.4 is 15.5 Å². The number of allylic oxidation sites excluding steroid dienone is 1. The first kappa shape index (κ1) is 32.2. The number of rotatable bonds is 9. The van der Waals surface area contributed by atoms with Gasteiger partial charge in [-0.15, -0.1) is 0 Å². The highest BCUT2D eigenvalue weighted by atomic mass is 35.5. The van der Waals surface area contributed by atoms with Crippen molar-refractivity contribution in [3.8, 4) is 11.5 Å². The van der Waals surface area contributed by atoms with Gasteiger partial charge in [0.25, 0.3) is 0 Å². The number of nitrogens with one attached hydrogen (secondary N) is 2. The Bertz CT molecular complexity index is 1420. The molecule has 0 aromatic heterocycles. The highest BCUT2D eigenvalue weighted by molar-refractivity contribution is 6.30. The molecule has 0 spiro atoms. The van der Waals surface area contributed by atoms with Gasteiger partial charge < -0.3 is 45.1 Å². The predicted octanol–water partition coefficient (Wildman–Crippen LogP) is 1.67. The summed E-state index contributed by atoms with van der Waals surface area (Å²) in [5.41, 5.74) is 6.23. The third-order valence-electron chi connectivity index (χ3n) is 8.12. The Balaban J connectivity index is 1.16. The molecule has 3 aliphatic rings. The number of hydrogen-bond donors (Lipinski definition) is 7. The van der Waals surface area contributed by atoms with Gasteiger partial charge in [-0.3, -0.25) is 15.1 Å². The highest BCUT2D eigenvalue weighted by Crippen LogP contribution is 2.35. The lowest BCUT2D eigenvalue weighted by atomic mass is 9.83. The molecule has 0 radical (unpaired) electrons. The number of hydroxylamine groups is 1. The van der Waals surface area contributed by atoms with Gasteiger partial charge >= 0.3 is 0 Å². The fourth-order valence-electron chi connectivity index (χ4n) is 5.62. The molecule has 238 valence electrons. The van der Waals surface area contributed by atoms with E-state index in [9.17, 15) is 30.3 Å². The second kappa shape index (κ2) is 13.8. The Labute approximate surface area is 259 Å². The number of aliphatic hydroxyl groups excluding tert-OH is 4. The van der Waals surface area contributed by atoms with Gasteiger partial charge in [0, 0.05) is 29.1 Å². The second-order valence-corrected chi connectivity index (χ2v) is 11.7. The standard InChI is InChI=1S/C31H37ClN2O10/c1-15(31(40)33-25-26(37)28(39)30-29(27(25)38)41-14-42-30)8-17-6-7-23(21(35)10-17)44-24-12-19(11-22(24)36)16(2)34-43-13-18-4-3-5-20(32)9-18/h3-10,22,24-30,34-39H,11-14H2,1-2H3,(H,33,40)/t22-,24+,25+,26-,27+,28+,29-,30+/m0/s1. The number of amides is 1. The zero-order chi connectivity index (χ0) is 31.5. The fraction of sp³-hybridized carbons (Fsp3) is 0.452. The summed E-state index contributed by atoms with van der Waals surface area (Å²) in [6, 6.07) is 10.8. The first-order valence-electron chi connectivity index (χ1n) is 14.3. The predicted molar refractivity (Wildman–Crippen MR) is 158 cm³/mol. The van der Waals surface area contributed by atoms with Gasteiger partial charge in [0.15, 0.2) is 11.5 Å². The smallest absolute Gasteiger partial charge is 0.247 e. The molecular formula is C31H37ClN2O10. The third kappa shape index (κ3) is 7.19. The van der Waals surface area contributed by atoms with Crippen LogP contribution in [-0.2, 0) is 25.7 Å². The van der Waals surface area contributed by atoms with Crippen molar-refractivity contribution < 1.29 is 49.4 Å². The molecule has 1 aliphatic heterocycles. The number of halogens is 1. The Morgan fingerprint density at radius 1 is 1.02 bits per heavy atom. The minimum atomic E-state index is -1.47. The molecule has 2 aromatic carbocycles. The van der Waals surface area contributed by atoms with E-state index in [1.165, 1.54) is 19.1 Å². The van der Waals surface area contributed by atoms with E-state index in [0.29, 0.717) is 30.0 Å². The molecule has 2 saturated carbocycles. The van der Waals surface area contributed by atoms with Crippen molar-refractivity contribution in [3.63, 3.8) is 0 Å². The van der Waals surface area contributed by atoms with E-state index in [1.807, 2.05) is 25.1 Å². The zero-order valence-corrected chi connectivity index (χ0v) is 25.0.